The first kappa shape index (κ1) is 14.6. The Hall–Kier alpha value is -0.830. The third kappa shape index (κ3) is 4.34. The minimum atomic E-state index is 0.543. The van der Waals surface area contributed by atoms with Crippen LogP contribution in [-0.2, 0) is 0 Å². The molecule has 1 heteroatoms. The lowest BCUT2D eigenvalue weighted by molar-refractivity contribution is 0.697. The molecule has 0 aromatic rings. The molecule has 0 amide bonds. The Kier molecular flexibility index (Phi) is 5.90. The summed E-state index contributed by atoms with van der Waals surface area (Å²) >= 11 is 2.57. The Labute approximate surface area is 130 Å². The zero-order chi connectivity index (χ0) is 13.5. The molecule has 0 N–H and O–H groups in total. The van der Waals surface area contributed by atoms with E-state index in [1.165, 1.54) is 24.0 Å². The Balaban J connectivity index is 2.15. The van der Waals surface area contributed by atoms with Gasteiger partial charge in [0.25, 0.3) is 0 Å². The standard InChI is InChI=1S/C18H21I/c1-2-9-17(15-10-5-3-6-11-15)14-18(19)16-12-7-4-8-13-16/h2,4-5,7-12,14,16,18H,3,6,13H2,1H3/b9-2-,17-14+/t16-,18+/m1/s1. The maximum Gasteiger partial charge on any atom is 0.0364 e. The van der Waals surface area contributed by atoms with Crippen LogP contribution in [0.4, 0.5) is 0 Å². The van der Waals surface area contributed by atoms with E-state index >= 15 is 0 Å². The molecule has 2 aliphatic rings. The predicted molar refractivity (Wildman–Crippen MR) is 93.5 cm³/mol. The summed E-state index contributed by atoms with van der Waals surface area (Å²) in [4.78, 5) is 0. The number of hydrogen-bond acceptors (Lipinski definition) is 0. The molecule has 19 heavy (non-hydrogen) atoms. The molecule has 0 heterocycles. The van der Waals surface area contributed by atoms with Gasteiger partial charge in [-0.15, -0.1) is 0 Å². The van der Waals surface area contributed by atoms with Crippen LogP contribution in [0.5, 0.6) is 0 Å². The summed E-state index contributed by atoms with van der Waals surface area (Å²) in [5.74, 6) is 0.624. The summed E-state index contributed by atoms with van der Waals surface area (Å²) in [7, 11) is 0. The second-order valence-corrected chi connectivity index (χ2v) is 6.36. The van der Waals surface area contributed by atoms with Gasteiger partial charge in [-0.25, -0.2) is 0 Å². The fourth-order valence-corrected chi connectivity index (χ4v) is 3.31. The normalized spacial score (nSPS) is 24.8. The number of alkyl halides is 1. The average molecular weight is 364 g/mol. The first-order valence-corrected chi connectivity index (χ1v) is 8.25. The van der Waals surface area contributed by atoms with Gasteiger partial charge in [-0.3, -0.25) is 0 Å². The molecule has 0 unspecified atom stereocenters. The molecule has 0 aliphatic heterocycles. The zero-order valence-electron chi connectivity index (χ0n) is 11.4. The molecule has 2 rings (SSSR count). The van der Waals surface area contributed by atoms with Crippen LogP contribution >= 0.6 is 22.6 Å². The number of allylic oxidation sites excluding steroid dienone is 12. The largest absolute Gasteiger partial charge is 0.0871 e. The van der Waals surface area contributed by atoms with E-state index in [2.05, 4.69) is 90.3 Å². The molecule has 2 aliphatic carbocycles. The van der Waals surface area contributed by atoms with Crippen molar-refractivity contribution < 1.29 is 0 Å². The highest BCUT2D eigenvalue weighted by Gasteiger charge is 2.15. The number of halogens is 1. The third-order valence-corrected chi connectivity index (χ3v) is 4.72. The van der Waals surface area contributed by atoms with E-state index in [0.717, 1.165) is 6.42 Å². The molecule has 0 aromatic carbocycles. The van der Waals surface area contributed by atoms with E-state index in [-0.39, 0.29) is 0 Å². The SMILES string of the molecule is C/C=C\C(=C/[C@H](I)[C@@H]1C=CC=CC1)C1=CCCC=C1. The Morgan fingerprint density at radius 2 is 2.21 bits per heavy atom. The lowest BCUT2D eigenvalue weighted by Gasteiger charge is -2.18. The van der Waals surface area contributed by atoms with Gasteiger partial charge in [-0.1, -0.05) is 83.4 Å². The van der Waals surface area contributed by atoms with Crippen molar-refractivity contribution in [2.24, 2.45) is 5.92 Å². The van der Waals surface area contributed by atoms with Crippen LogP contribution < -0.4 is 0 Å². The third-order valence-electron chi connectivity index (χ3n) is 3.44. The molecule has 0 bridgehead atoms. The summed E-state index contributed by atoms with van der Waals surface area (Å²) in [6.07, 6.45) is 26.1. The van der Waals surface area contributed by atoms with Gasteiger partial charge in [0.15, 0.2) is 0 Å². The summed E-state index contributed by atoms with van der Waals surface area (Å²) in [6, 6.07) is 0. The maximum absolute atomic E-state index is 2.57. The lowest BCUT2D eigenvalue weighted by Crippen LogP contribution is -2.11. The van der Waals surface area contributed by atoms with E-state index in [9.17, 15) is 0 Å². The van der Waals surface area contributed by atoms with Gasteiger partial charge in [-0.2, -0.15) is 0 Å². The Morgan fingerprint density at radius 1 is 1.32 bits per heavy atom. The fourth-order valence-electron chi connectivity index (χ4n) is 2.39. The van der Waals surface area contributed by atoms with Crippen LogP contribution in [0.1, 0.15) is 26.2 Å². The first-order valence-electron chi connectivity index (χ1n) is 7.00. The summed E-state index contributed by atoms with van der Waals surface area (Å²) in [5.41, 5.74) is 2.74. The zero-order valence-corrected chi connectivity index (χ0v) is 13.6. The maximum atomic E-state index is 2.57. The highest BCUT2D eigenvalue weighted by atomic mass is 127. The van der Waals surface area contributed by atoms with Crippen LogP contribution in [0.25, 0.3) is 0 Å². The van der Waals surface area contributed by atoms with Gasteiger partial charge in [0.2, 0.25) is 0 Å². The molecule has 0 radical (unpaired) electrons. The van der Waals surface area contributed by atoms with Crippen molar-refractivity contribution in [3.05, 3.63) is 71.9 Å². The molecule has 2 atom stereocenters. The van der Waals surface area contributed by atoms with E-state index in [1.807, 2.05) is 0 Å². The first-order chi connectivity index (χ1) is 9.31. The molecular formula is C18H21I. The summed E-state index contributed by atoms with van der Waals surface area (Å²) in [6.45, 7) is 2.09. The quantitative estimate of drug-likeness (QED) is 0.341. The highest BCUT2D eigenvalue weighted by molar-refractivity contribution is 14.1. The molecular weight excluding hydrogens is 343 g/mol. The minimum Gasteiger partial charge on any atom is -0.0871 e. The van der Waals surface area contributed by atoms with E-state index in [4.69, 9.17) is 0 Å². The molecule has 0 saturated heterocycles. The topological polar surface area (TPSA) is 0 Å². The van der Waals surface area contributed by atoms with Crippen molar-refractivity contribution in [3.8, 4) is 0 Å². The van der Waals surface area contributed by atoms with Crippen LogP contribution in [0.2, 0.25) is 0 Å². The van der Waals surface area contributed by atoms with E-state index < -0.39 is 0 Å². The van der Waals surface area contributed by atoms with Crippen molar-refractivity contribution >= 4 is 22.6 Å². The van der Waals surface area contributed by atoms with Crippen molar-refractivity contribution in [2.75, 3.05) is 0 Å². The van der Waals surface area contributed by atoms with Crippen molar-refractivity contribution in [2.45, 2.75) is 30.1 Å². The number of rotatable bonds is 4. The molecule has 0 aromatic heterocycles. The van der Waals surface area contributed by atoms with Gasteiger partial charge >= 0.3 is 0 Å². The van der Waals surface area contributed by atoms with Crippen LogP contribution in [0.15, 0.2) is 71.9 Å². The highest BCUT2D eigenvalue weighted by Crippen LogP contribution is 2.27. The summed E-state index contributed by atoms with van der Waals surface area (Å²) < 4.78 is 0.543. The van der Waals surface area contributed by atoms with E-state index in [1.54, 1.807) is 0 Å². The van der Waals surface area contributed by atoms with Gasteiger partial charge in [0, 0.05) is 3.92 Å². The Bertz CT molecular complexity index is 472. The average Bonchev–Trinajstić information content (AvgIpc) is 2.48. The minimum absolute atomic E-state index is 0.543. The van der Waals surface area contributed by atoms with E-state index in [0.29, 0.717) is 9.84 Å². The molecule has 0 nitrogen and oxygen atoms in total. The van der Waals surface area contributed by atoms with Crippen LogP contribution in [0, 0.1) is 5.92 Å². The van der Waals surface area contributed by atoms with Gasteiger partial charge in [-0.05, 0) is 43.3 Å². The second-order valence-electron chi connectivity index (χ2n) is 4.92. The smallest absolute Gasteiger partial charge is 0.0364 e. The molecule has 100 valence electrons. The molecule has 0 fully saturated rings. The molecule has 0 saturated carbocycles. The predicted octanol–water partition coefficient (Wildman–Crippen LogP) is 5.70. The van der Waals surface area contributed by atoms with Gasteiger partial charge < -0.3 is 0 Å². The summed E-state index contributed by atoms with van der Waals surface area (Å²) in [5, 5.41) is 0. The Morgan fingerprint density at radius 3 is 2.84 bits per heavy atom. The number of hydrogen-bond donors (Lipinski definition) is 0. The van der Waals surface area contributed by atoms with Crippen LogP contribution in [-0.4, -0.2) is 3.92 Å². The van der Waals surface area contributed by atoms with Crippen molar-refractivity contribution in [1.82, 2.24) is 0 Å². The van der Waals surface area contributed by atoms with Crippen molar-refractivity contribution in [1.29, 1.82) is 0 Å². The van der Waals surface area contributed by atoms with Gasteiger partial charge in [0.05, 0.1) is 0 Å². The molecule has 0 spiro atoms. The van der Waals surface area contributed by atoms with Crippen molar-refractivity contribution in [3.63, 3.8) is 0 Å². The monoisotopic (exact) mass is 364 g/mol. The lowest BCUT2D eigenvalue weighted by atomic mass is 9.93. The van der Waals surface area contributed by atoms with Gasteiger partial charge in [0.1, 0.15) is 0 Å². The van der Waals surface area contributed by atoms with Crippen LogP contribution in [0.3, 0.4) is 0 Å². The second kappa shape index (κ2) is 7.68. The fraction of sp³-hybridized carbons (Fsp3) is 0.333.